The Morgan fingerprint density at radius 3 is 2.90 bits per heavy atom. The molecule has 2 aromatic rings. The van der Waals surface area contributed by atoms with Crippen molar-refractivity contribution < 1.29 is 19.1 Å². The van der Waals surface area contributed by atoms with Crippen LogP contribution in [0, 0.1) is 0 Å². The molecule has 1 aromatic heterocycles. The van der Waals surface area contributed by atoms with E-state index in [9.17, 15) is 9.59 Å². The molecule has 2 heterocycles. The third kappa shape index (κ3) is 2.74. The van der Waals surface area contributed by atoms with E-state index in [1.54, 1.807) is 6.07 Å². The Kier molecular flexibility index (Phi) is 3.35. The van der Waals surface area contributed by atoms with Crippen LogP contribution in [-0.4, -0.2) is 23.5 Å². The monoisotopic (exact) mass is 286 g/mol. The molecule has 3 N–H and O–H groups in total. The van der Waals surface area contributed by atoms with Crippen LogP contribution in [0.1, 0.15) is 32.2 Å². The van der Waals surface area contributed by atoms with Crippen molar-refractivity contribution >= 4 is 17.6 Å². The van der Waals surface area contributed by atoms with E-state index in [1.807, 2.05) is 12.1 Å². The molecular formula is C15H14N2O4. The van der Waals surface area contributed by atoms with Gasteiger partial charge < -0.3 is 20.2 Å². The molecule has 21 heavy (non-hydrogen) atoms. The van der Waals surface area contributed by atoms with Gasteiger partial charge in [0.15, 0.2) is 0 Å². The van der Waals surface area contributed by atoms with E-state index >= 15 is 0 Å². The van der Waals surface area contributed by atoms with Crippen LogP contribution < -0.4 is 10.6 Å². The summed E-state index contributed by atoms with van der Waals surface area (Å²) in [7, 11) is 0. The minimum atomic E-state index is -1.13. The Bertz CT molecular complexity index is 705. The van der Waals surface area contributed by atoms with E-state index in [0.29, 0.717) is 11.3 Å². The highest BCUT2D eigenvalue weighted by Gasteiger charge is 2.14. The highest BCUT2D eigenvalue weighted by atomic mass is 16.4. The number of carbonyl (C=O) groups excluding carboxylic acids is 1. The predicted molar refractivity (Wildman–Crippen MR) is 75.5 cm³/mol. The van der Waals surface area contributed by atoms with Crippen molar-refractivity contribution in [2.24, 2.45) is 0 Å². The Morgan fingerprint density at radius 1 is 1.29 bits per heavy atom. The maximum absolute atomic E-state index is 12.1. The number of carboxylic acids is 1. The van der Waals surface area contributed by atoms with Gasteiger partial charge in [-0.1, -0.05) is 6.07 Å². The van der Waals surface area contributed by atoms with Gasteiger partial charge in [0.2, 0.25) is 5.76 Å². The van der Waals surface area contributed by atoms with Gasteiger partial charge in [-0.15, -0.1) is 0 Å². The minimum absolute atomic E-state index is 0.138. The molecule has 0 saturated carbocycles. The van der Waals surface area contributed by atoms with Gasteiger partial charge in [-0.05, 0) is 36.2 Å². The van der Waals surface area contributed by atoms with Crippen LogP contribution in [0.25, 0.3) is 0 Å². The maximum atomic E-state index is 12.1. The summed E-state index contributed by atoms with van der Waals surface area (Å²) in [6.07, 6.45) is 0.974. The number of benzene rings is 1. The number of nitrogens with one attached hydrogen (secondary N) is 2. The van der Waals surface area contributed by atoms with Crippen LogP contribution in [0.5, 0.6) is 0 Å². The van der Waals surface area contributed by atoms with Gasteiger partial charge in [-0.3, -0.25) is 4.79 Å². The number of carbonyl (C=O) groups is 2. The number of carboxylic acid groups (broad SMARTS) is 1. The average Bonchev–Trinajstić information content (AvgIpc) is 3.12. The van der Waals surface area contributed by atoms with Gasteiger partial charge in [0.25, 0.3) is 5.91 Å². The summed E-state index contributed by atoms with van der Waals surface area (Å²) in [5.41, 5.74) is 2.77. The molecule has 6 heteroatoms. The fraction of sp³-hybridized carbons (Fsp3) is 0.200. The molecule has 1 aliphatic heterocycles. The molecule has 0 bridgehead atoms. The minimum Gasteiger partial charge on any atom is -0.475 e. The quantitative estimate of drug-likeness (QED) is 0.798. The van der Waals surface area contributed by atoms with E-state index < -0.39 is 5.97 Å². The predicted octanol–water partition coefficient (Wildman–Crippen LogP) is 1.88. The lowest BCUT2D eigenvalue weighted by Gasteiger charge is -2.06. The van der Waals surface area contributed by atoms with Crippen molar-refractivity contribution in [3.63, 3.8) is 0 Å². The number of furan rings is 1. The van der Waals surface area contributed by atoms with Gasteiger partial charge in [0, 0.05) is 17.8 Å². The molecule has 0 unspecified atom stereocenters. The Hall–Kier alpha value is -2.76. The zero-order valence-corrected chi connectivity index (χ0v) is 11.2. The fourth-order valence-electron chi connectivity index (χ4n) is 2.29. The smallest absolute Gasteiger partial charge is 0.371 e. The first-order valence-electron chi connectivity index (χ1n) is 6.60. The normalized spacial score (nSPS) is 12.6. The third-order valence-electron chi connectivity index (χ3n) is 3.38. The standard InChI is InChI=1S/C15H14N2O4/c18-14(10-2-1-9-5-6-16-12(9)7-10)17-8-11-3-4-13(21-11)15(19)20/h1-4,7,16H,5-6,8H2,(H,17,18)(H,19,20). The maximum Gasteiger partial charge on any atom is 0.371 e. The molecule has 108 valence electrons. The third-order valence-corrected chi connectivity index (χ3v) is 3.38. The zero-order chi connectivity index (χ0) is 14.8. The summed E-state index contributed by atoms with van der Waals surface area (Å²) in [6.45, 7) is 1.04. The summed E-state index contributed by atoms with van der Waals surface area (Å²) in [5, 5.41) is 14.7. The Morgan fingerprint density at radius 2 is 2.14 bits per heavy atom. The van der Waals surface area contributed by atoms with Gasteiger partial charge >= 0.3 is 5.97 Å². The summed E-state index contributed by atoms with van der Waals surface area (Å²) in [4.78, 5) is 22.8. The Labute approximate surface area is 120 Å². The van der Waals surface area contributed by atoms with E-state index in [2.05, 4.69) is 10.6 Å². The molecule has 1 aliphatic rings. The number of hydrogen-bond donors (Lipinski definition) is 3. The van der Waals surface area contributed by atoms with Crippen molar-refractivity contribution in [2.45, 2.75) is 13.0 Å². The van der Waals surface area contributed by atoms with Crippen LogP contribution in [-0.2, 0) is 13.0 Å². The molecule has 0 aliphatic carbocycles. The summed E-state index contributed by atoms with van der Waals surface area (Å²) in [6, 6.07) is 8.45. The fourth-order valence-corrected chi connectivity index (χ4v) is 2.29. The lowest BCUT2D eigenvalue weighted by Crippen LogP contribution is -2.22. The largest absolute Gasteiger partial charge is 0.475 e. The van der Waals surface area contributed by atoms with Crippen molar-refractivity contribution in [2.75, 3.05) is 11.9 Å². The van der Waals surface area contributed by atoms with Crippen LogP contribution in [0.2, 0.25) is 0 Å². The average molecular weight is 286 g/mol. The number of hydrogen-bond acceptors (Lipinski definition) is 4. The molecule has 0 radical (unpaired) electrons. The van der Waals surface area contributed by atoms with Crippen molar-refractivity contribution in [1.82, 2.24) is 5.32 Å². The molecule has 6 nitrogen and oxygen atoms in total. The molecular weight excluding hydrogens is 272 g/mol. The van der Waals surface area contributed by atoms with E-state index in [-0.39, 0.29) is 18.2 Å². The first-order chi connectivity index (χ1) is 10.1. The summed E-state index contributed by atoms with van der Waals surface area (Å²) >= 11 is 0. The van der Waals surface area contributed by atoms with E-state index in [4.69, 9.17) is 9.52 Å². The molecule has 3 rings (SSSR count). The van der Waals surface area contributed by atoms with Crippen LogP contribution in [0.3, 0.4) is 0 Å². The van der Waals surface area contributed by atoms with Crippen molar-refractivity contribution in [3.8, 4) is 0 Å². The van der Waals surface area contributed by atoms with Crippen molar-refractivity contribution in [3.05, 3.63) is 53.0 Å². The second kappa shape index (κ2) is 5.32. The van der Waals surface area contributed by atoms with Gasteiger partial charge in [0.1, 0.15) is 5.76 Å². The molecule has 1 amide bonds. The molecule has 0 atom stereocenters. The number of amides is 1. The molecule has 1 aromatic carbocycles. The first kappa shape index (κ1) is 13.2. The first-order valence-corrected chi connectivity index (χ1v) is 6.60. The number of rotatable bonds is 4. The van der Waals surface area contributed by atoms with Gasteiger partial charge in [0.05, 0.1) is 6.54 Å². The second-order valence-corrected chi connectivity index (χ2v) is 4.80. The zero-order valence-electron chi connectivity index (χ0n) is 11.2. The molecule has 0 fully saturated rings. The lowest BCUT2D eigenvalue weighted by molar-refractivity contribution is 0.0660. The van der Waals surface area contributed by atoms with Crippen LogP contribution in [0.15, 0.2) is 34.7 Å². The second-order valence-electron chi connectivity index (χ2n) is 4.80. The van der Waals surface area contributed by atoms with E-state index in [0.717, 1.165) is 18.7 Å². The Balaban J connectivity index is 1.64. The van der Waals surface area contributed by atoms with Crippen molar-refractivity contribution in [1.29, 1.82) is 0 Å². The lowest BCUT2D eigenvalue weighted by atomic mass is 10.1. The van der Waals surface area contributed by atoms with Crippen LogP contribution in [0.4, 0.5) is 5.69 Å². The topological polar surface area (TPSA) is 91.6 Å². The van der Waals surface area contributed by atoms with E-state index in [1.165, 1.54) is 17.7 Å². The highest BCUT2D eigenvalue weighted by molar-refractivity contribution is 5.95. The SMILES string of the molecule is O=C(NCc1ccc(C(=O)O)o1)c1ccc2c(c1)NCC2. The molecule has 0 saturated heterocycles. The highest BCUT2D eigenvalue weighted by Crippen LogP contribution is 2.23. The summed E-state index contributed by atoms with van der Waals surface area (Å²) in [5.74, 6) is -1.09. The van der Waals surface area contributed by atoms with Gasteiger partial charge in [-0.25, -0.2) is 4.79 Å². The molecule has 0 spiro atoms. The van der Waals surface area contributed by atoms with Gasteiger partial charge in [-0.2, -0.15) is 0 Å². The number of fused-ring (bicyclic) bond motifs is 1. The number of aromatic carboxylic acids is 1. The number of anilines is 1. The van der Waals surface area contributed by atoms with Crippen LogP contribution >= 0.6 is 0 Å². The summed E-state index contributed by atoms with van der Waals surface area (Å²) < 4.78 is 5.08.